The Labute approximate surface area is 209 Å². The lowest BCUT2D eigenvalue weighted by Crippen LogP contribution is -2.49. The number of aliphatic imine (C=N–C) groups is 1. The van der Waals surface area contributed by atoms with E-state index in [4.69, 9.17) is 31.9 Å². The normalized spacial score (nSPS) is 24.8. The van der Waals surface area contributed by atoms with E-state index in [0.717, 1.165) is 48.1 Å². The largest absolute Gasteiger partial charge is 0.486 e. The Morgan fingerprint density at radius 2 is 1.91 bits per heavy atom. The van der Waals surface area contributed by atoms with Crippen LogP contribution in [0.3, 0.4) is 0 Å². The van der Waals surface area contributed by atoms with Crippen LogP contribution in [0.2, 0.25) is 5.02 Å². The molecule has 3 aromatic carbocycles. The number of hydrogen-bond donors (Lipinski definition) is 1. The lowest BCUT2D eigenvalue weighted by Gasteiger charge is -2.45. The zero-order valence-electron chi connectivity index (χ0n) is 19.4. The molecule has 1 aliphatic carbocycles. The molecule has 7 heteroatoms. The summed E-state index contributed by atoms with van der Waals surface area (Å²) in [5, 5.41) is 11.4. The number of fused-ring (bicyclic) bond motifs is 3. The lowest BCUT2D eigenvalue weighted by molar-refractivity contribution is -0.204. The predicted octanol–water partition coefficient (Wildman–Crippen LogP) is 5.32. The van der Waals surface area contributed by atoms with Gasteiger partial charge in [-0.2, -0.15) is 5.26 Å². The van der Waals surface area contributed by atoms with Gasteiger partial charge in [-0.25, -0.2) is 14.9 Å². The number of halogens is 1. The third-order valence-electron chi connectivity index (χ3n) is 7.26. The van der Waals surface area contributed by atoms with Crippen LogP contribution in [-0.2, 0) is 23.4 Å². The van der Waals surface area contributed by atoms with Crippen LogP contribution in [0.15, 0.2) is 65.7 Å². The van der Waals surface area contributed by atoms with Crippen LogP contribution in [0.5, 0.6) is 5.75 Å². The number of aryl methyl sites for hydroxylation is 1. The molecule has 2 N–H and O–H groups in total. The molecule has 0 bridgehead atoms. The molecule has 0 radical (unpaired) electrons. The standard InChI is InChI=1S/C28H25ClN4O2/c1-33-26(31)32-28(35-33)17-27(10-4-7-19-5-2-3-6-21(19)15-27)34-25-9-8-20(14-24(25)28)22-11-18(16-30)12-23(29)13-22/h2-3,5-6,8-9,11-14H,4,7,10,15,17H2,1H3,(H2,31,32). The number of rotatable bonds is 1. The second-order valence-electron chi connectivity index (χ2n) is 9.66. The van der Waals surface area contributed by atoms with Crippen molar-refractivity contribution < 1.29 is 9.57 Å². The summed E-state index contributed by atoms with van der Waals surface area (Å²) >= 11 is 6.29. The molecule has 0 amide bonds. The number of nitriles is 1. The number of nitrogens with two attached hydrogens (primary N) is 1. The Balaban J connectivity index is 1.48. The number of hydroxylamine groups is 2. The van der Waals surface area contributed by atoms with Crippen LogP contribution in [0.4, 0.5) is 0 Å². The van der Waals surface area contributed by atoms with E-state index in [1.54, 1.807) is 13.1 Å². The molecule has 2 atom stereocenters. The van der Waals surface area contributed by atoms with E-state index in [0.29, 0.717) is 23.0 Å². The monoisotopic (exact) mass is 484 g/mol. The Hall–Kier alpha value is -3.53. The minimum Gasteiger partial charge on any atom is -0.486 e. The van der Waals surface area contributed by atoms with Crippen LogP contribution in [0.25, 0.3) is 11.1 Å². The summed E-state index contributed by atoms with van der Waals surface area (Å²) in [4.78, 5) is 11.3. The highest BCUT2D eigenvalue weighted by atomic mass is 35.5. The highest BCUT2D eigenvalue weighted by molar-refractivity contribution is 6.31. The van der Waals surface area contributed by atoms with Gasteiger partial charge in [0, 0.05) is 24.9 Å². The van der Waals surface area contributed by atoms with Gasteiger partial charge in [0.15, 0.2) is 0 Å². The Morgan fingerprint density at radius 3 is 2.69 bits per heavy atom. The fourth-order valence-electron chi connectivity index (χ4n) is 5.70. The maximum Gasteiger partial charge on any atom is 0.222 e. The number of benzene rings is 3. The van der Waals surface area contributed by atoms with E-state index < -0.39 is 11.3 Å². The first-order valence-corrected chi connectivity index (χ1v) is 12.2. The highest BCUT2D eigenvalue weighted by Crippen LogP contribution is 2.53. The van der Waals surface area contributed by atoms with E-state index >= 15 is 0 Å². The summed E-state index contributed by atoms with van der Waals surface area (Å²) in [5.41, 5.74) is 10.6. The first-order chi connectivity index (χ1) is 16.9. The Kier molecular flexibility index (Phi) is 5.03. The maximum atomic E-state index is 9.40. The number of nitrogens with zero attached hydrogens (tertiary/aromatic N) is 3. The molecule has 2 unspecified atom stereocenters. The smallest absolute Gasteiger partial charge is 0.222 e. The summed E-state index contributed by atoms with van der Waals surface area (Å²) < 4.78 is 6.83. The third-order valence-corrected chi connectivity index (χ3v) is 7.48. The molecule has 0 saturated heterocycles. The fourth-order valence-corrected chi connectivity index (χ4v) is 5.94. The fraction of sp³-hybridized carbons (Fsp3) is 0.286. The van der Waals surface area contributed by atoms with Crippen LogP contribution >= 0.6 is 11.6 Å². The summed E-state index contributed by atoms with van der Waals surface area (Å²) in [6.07, 6.45) is 4.29. The van der Waals surface area contributed by atoms with Gasteiger partial charge in [0.2, 0.25) is 11.7 Å². The molecule has 2 aliphatic heterocycles. The van der Waals surface area contributed by atoms with Gasteiger partial charge in [-0.05, 0) is 71.8 Å². The molecule has 3 aromatic rings. The minimum atomic E-state index is -0.988. The van der Waals surface area contributed by atoms with Crippen LogP contribution in [0, 0.1) is 11.3 Å². The van der Waals surface area contributed by atoms with Crippen molar-refractivity contribution in [3.63, 3.8) is 0 Å². The predicted molar refractivity (Wildman–Crippen MR) is 135 cm³/mol. The van der Waals surface area contributed by atoms with Crippen molar-refractivity contribution in [2.45, 2.75) is 43.4 Å². The molecular formula is C28H25ClN4O2. The van der Waals surface area contributed by atoms with Gasteiger partial charge in [0.1, 0.15) is 11.4 Å². The average Bonchev–Trinajstić information content (AvgIpc) is 3.01. The van der Waals surface area contributed by atoms with E-state index in [1.165, 1.54) is 16.2 Å². The van der Waals surface area contributed by atoms with Gasteiger partial charge < -0.3 is 10.5 Å². The molecule has 2 spiro atoms. The SMILES string of the molecule is CN1OC2(CC3(CCCc4ccccc4C3)Oc3ccc(-c4cc(Cl)cc(C#N)c4)cc32)N=C1N. The highest BCUT2D eigenvalue weighted by Gasteiger charge is 2.54. The van der Waals surface area contributed by atoms with Gasteiger partial charge in [-0.1, -0.05) is 41.9 Å². The zero-order chi connectivity index (χ0) is 24.2. The van der Waals surface area contributed by atoms with Crippen molar-refractivity contribution in [2.24, 2.45) is 10.7 Å². The Morgan fingerprint density at radius 1 is 1.09 bits per heavy atom. The molecule has 0 saturated carbocycles. The number of hydrogen-bond acceptors (Lipinski definition) is 6. The quantitative estimate of drug-likeness (QED) is 0.505. The molecule has 0 fully saturated rings. The minimum absolute atomic E-state index is 0.335. The molecule has 0 aromatic heterocycles. The molecular weight excluding hydrogens is 460 g/mol. The Bertz CT molecular complexity index is 1410. The van der Waals surface area contributed by atoms with Crippen molar-refractivity contribution in [3.8, 4) is 22.9 Å². The third kappa shape index (κ3) is 3.72. The van der Waals surface area contributed by atoms with Gasteiger partial charge >= 0.3 is 0 Å². The summed E-state index contributed by atoms with van der Waals surface area (Å²) in [5.74, 6) is 1.08. The second-order valence-corrected chi connectivity index (χ2v) is 10.1. The summed E-state index contributed by atoms with van der Waals surface area (Å²) in [6, 6.07) is 22.1. The van der Waals surface area contributed by atoms with Gasteiger partial charge in [-0.15, -0.1) is 0 Å². The lowest BCUT2D eigenvalue weighted by atomic mass is 9.78. The molecule has 2 heterocycles. The van der Waals surface area contributed by atoms with Crippen molar-refractivity contribution >= 4 is 17.6 Å². The maximum absolute atomic E-state index is 9.40. The van der Waals surface area contributed by atoms with Crippen molar-refractivity contribution in [1.82, 2.24) is 5.06 Å². The van der Waals surface area contributed by atoms with Crippen molar-refractivity contribution in [1.29, 1.82) is 5.26 Å². The molecule has 6 nitrogen and oxygen atoms in total. The van der Waals surface area contributed by atoms with Crippen LogP contribution < -0.4 is 10.5 Å². The summed E-state index contributed by atoms with van der Waals surface area (Å²) in [6.45, 7) is 0. The first kappa shape index (κ1) is 22.0. The molecule has 3 aliphatic rings. The number of ether oxygens (including phenoxy) is 1. The van der Waals surface area contributed by atoms with E-state index in [2.05, 4.69) is 30.3 Å². The molecule has 176 valence electrons. The van der Waals surface area contributed by atoms with Gasteiger partial charge in [0.25, 0.3) is 0 Å². The average molecular weight is 485 g/mol. The van der Waals surface area contributed by atoms with E-state index in [9.17, 15) is 5.26 Å². The van der Waals surface area contributed by atoms with Crippen molar-refractivity contribution in [2.75, 3.05) is 7.05 Å². The second kappa shape index (κ2) is 8.01. The van der Waals surface area contributed by atoms with Crippen molar-refractivity contribution in [3.05, 3.63) is 87.9 Å². The zero-order valence-corrected chi connectivity index (χ0v) is 20.2. The number of guanidine groups is 1. The first-order valence-electron chi connectivity index (χ1n) is 11.8. The van der Waals surface area contributed by atoms with Gasteiger partial charge in [-0.3, -0.25) is 0 Å². The molecule has 35 heavy (non-hydrogen) atoms. The van der Waals surface area contributed by atoms with E-state index in [1.807, 2.05) is 30.3 Å². The van der Waals surface area contributed by atoms with Crippen LogP contribution in [0.1, 0.15) is 41.5 Å². The summed E-state index contributed by atoms with van der Waals surface area (Å²) in [7, 11) is 1.78. The van der Waals surface area contributed by atoms with E-state index in [-0.39, 0.29) is 0 Å². The van der Waals surface area contributed by atoms with Gasteiger partial charge in [0.05, 0.1) is 17.2 Å². The topological polar surface area (TPSA) is 83.9 Å². The van der Waals surface area contributed by atoms with Crippen LogP contribution in [-0.4, -0.2) is 23.7 Å². The molecule has 6 rings (SSSR count).